The Balaban J connectivity index is 1.82. The number of aryl methyl sites for hydroxylation is 1. The van der Waals surface area contributed by atoms with Crippen molar-refractivity contribution in [3.63, 3.8) is 0 Å². The lowest BCUT2D eigenvalue weighted by Crippen LogP contribution is -2.37. The number of imidazole rings is 1. The van der Waals surface area contributed by atoms with Gasteiger partial charge in [0.15, 0.2) is 0 Å². The van der Waals surface area contributed by atoms with E-state index in [0.717, 1.165) is 12.8 Å². The van der Waals surface area contributed by atoms with Crippen LogP contribution in [0.2, 0.25) is 0 Å². The van der Waals surface area contributed by atoms with E-state index in [1.807, 2.05) is 0 Å². The number of H-pyrrole nitrogens is 1. The number of aliphatic carboxylic acids is 1. The number of likely N-dealkylation sites (tertiary alicyclic amines) is 1. The molecule has 0 aromatic carbocycles. The summed E-state index contributed by atoms with van der Waals surface area (Å²) in [6.45, 7) is 2.65. The number of rotatable bonds is 2. The molecule has 0 unspecified atom stereocenters. The van der Waals surface area contributed by atoms with Gasteiger partial charge in [-0.2, -0.15) is 0 Å². The number of hydrogen-bond acceptors (Lipinski definition) is 3. The number of carboxylic acid groups (broad SMARTS) is 1. The van der Waals surface area contributed by atoms with Gasteiger partial charge in [-0.25, -0.2) is 4.98 Å². The van der Waals surface area contributed by atoms with Gasteiger partial charge in [-0.15, -0.1) is 0 Å². The number of fused-ring (bicyclic) bond motifs is 1. The Bertz CT molecular complexity index is 539. The molecule has 1 aromatic rings. The molecule has 2 atom stereocenters. The van der Waals surface area contributed by atoms with Crippen LogP contribution in [0.3, 0.4) is 0 Å². The van der Waals surface area contributed by atoms with Crippen LogP contribution in [0.4, 0.5) is 0 Å². The molecule has 0 spiro atoms. The van der Waals surface area contributed by atoms with Gasteiger partial charge in [-0.3, -0.25) is 9.59 Å². The average molecular weight is 263 g/mol. The van der Waals surface area contributed by atoms with E-state index in [9.17, 15) is 14.7 Å². The highest BCUT2D eigenvalue weighted by Gasteiger charge is 2.55. The third-order valence-electron chi connectivity index (χ3n) is 4.52. The number of nitrogens with one attached hydrogen (secondary N) is 1. The summed E-state index contributed by atoms with van der Waals surface area (Å²) in [5.41, 5.74) is -0.275. The van der Waals surface area contributed by atoms with Crippen molar-refractivity contribution in [3.8, 4) is 0 Å². The number of carbonyl (C=O) groups excluding carboxylic acids is 1. The number of carboxylic acids is 1. The Labute approximate surface area is 110 Å². The van der Waals surface area contributed by atoms with Crippen LogP contribution in [0, 0.1) is 18.3 Å². The standard InChI is InChI=1S/C13H17N3O3/c1-8-14-5-10(15-8)11(17)16-6-9-3-2-4-13(9,7-16)12(18)19/h5,9H,2-4,6-7H2,1H3,(H,14,15)(H,18,19)/t9-,13+/m0/s1. The lowest BCUT2D eigenvalue weighted by Gasteiger charge is -2.23. The smallest absolute Gasteiger partial charge is 0.311 e. The van der Waals surface area contributed by atoms with Gasteiger partial charge in [-0.1, -0.05) is 6.42 Å². The summed E-state index contributed by atoms with van der Waals surface area (Å²) in [6, 6.07) is 0. The van der Waals surface area contributed by atoms with E-state index in [1.165, 1.54) is 6.20 Å². The van der Waals surface area contributed by atoms with Crippen LogP contribution in [0.15, 0.2) is 6.20 Å². The molecule has 1 aliphatic heterocycles. The van der Waals surface area contributed by atoms with Crippen molar-refractivity contribution in [3.05, 3.63) is 17.7 Å². The molecular formula is C13H17N3O3. The van der Waals surface area contributed by atoms with E-state index in [-0.39, 0.29) is 11.8 Å². The molecule has 19 heavy (non-hydrogen) atoms. The minimum atomic E-state index is -0.758. The highest BCUT2D eigenvalue weighted by atomic mass is 16.4. The third kappa shape index (κ3) is 1.74. The number of aromatic amines is 1. The van der Waals surface area contributed by atoms with Crippen molar-refractivity contribution in [1.29, 1.82) is 0 Å². The van der Waals surface area contributed by atoms with Crippen LogP contribution in [0.25, 0.3) is 0 Å². The SMILES string of the molecule is Cc1ncc(C(=O)N2C[C@@H]3CCC[C@@]3(C(=O)O)C2)[nH]1. The Morgan fingerprint density at radius 1 is 1.58 bits per heavy atom. The zero-order valence-corrected chi connectivity index (χ0v) is 10.8. The summed E-state index contributed by atoms with van der Waals surface area (Å²) >= 11 is 0. The third-order valence-corrected chi connectivity index (χ3v) is 4.52. The van der Waals surface area contributed by atoms with Crippen molar-refractivity contribution in [2.24, 2.45) is 11.3 Å². The van der Waals surface area contributed by atoms with Gasteiger partial charge in [0.25, 0.3) is 5.91 Å². The zero-order valence-electron chi connectivity index (χ0n) is 10.8. The maximum absolute atomic E-state index is 12.3. The van der Waals surface area contributed by atoms with Gasteiger partial charge in [0, 0.05) is 13.1 Å². The summed E-state index contributed by atoms with van der Waals surface area (Å²) in [4.78, 5) is 32.5. The molecule has 1 amide bonds. The van der Waals surface area contributed by atoms with Crippen LogP contribution in [0.5, 0.6) is 0 Å². The molecule has 6 heteroatoms. The molecule has 6 nitrogen and oxygen atoms in total. The largest absolute Gasteiger partial charge is 0.481 e. The molecule has 2 aliphatic rings. The second kappa shape index (κ2) is 4.08. The van der Waals surface area contributed by atoms with Crippen LogP contribution in [-0.4, -0.2) is 44.9 Å². The van der Waals surface area contributed by atoms with Gasteiger partial charge in [0.2, 0.25) is 0 Å². The molecule has 102 valence electrons. The van der Waals surface area contributed by atoms with Gasteiger partial charge < -0.3 is 15.0 Å². The number of amides is 1. The number of carbonyl (C=O) groups is 2. The molecule has 2 N–H and O–H groups in total. The second-order valence-electron chi connectivity index (χ2n) is 5.62. The number of aromatic nitrogens is 2. The quantitative estimate of drug-likeness (QED) is 0.835. The fourth-order valence-corrected chi connectivity index (χ4v) is 3.49. The summed E-state index contributed by atoms with van der Waals surface area (Å²) < 4.78 is 0. The Hall–Kier alpha value is -1.85. The first-order chi connectivity index (χ1) is 9.03. The summed E-state index contributed by atoms with van der Waals surface area (Å²) in [5, 5.41) is 9.49. The monoisotopic (exact) mass is 263 g/mol. The minimum absolute atomic E-state index is 0.0953. The molecule has 1 saturated carbocycles. The lowest BCUT2D eigenvalue weighted by molar-refractivity contribution is -0.149. The fraction of sp³-hybridized carbons (Fsp3) is 0.615. The maximum Gasteiger partial charge on any atom is 0.311 e. The molecule has 3 rings (SSSR count). The van der Waals surface area contributed by atoms with Crippen molar-refractivity contribution < 1.29 is 14.7 Å². The summed E-state index contributed by atoms with van der Waals surface area (Å²) in [6.07, 6.45) is 4.04. The number of hydrogen-bond donors (Lipinski definition) is 2. The Kier molecular flexibility index (Phi) is 2.62. The van der Waals surface area contributed by atoms with E-state index in [4.69, 9.17) is 0 Å². The summed E-state index contributed by atoms with van der Waals surface area (Å²) in [7, 11) is 0. The van der Waals surface area contributed by atoms with E-state index < -0.39 is 11.4 Å². The van der Waals surface area contributed by atoms with Gasteiger partial charge >= 0.3 is 5.97 Å². The van der Waals surface area contributed by atoms with Crippen molar-refractivity contribution >= 4 is 11.9 Å². The maximum atomic E-state index is 12.3. The molecule has 0 bridgehead atoms. The van der Waals surface area contributed by atoms with Gasteiger partial charge in [-0.05, 0) is 25.7 Å². The van der Waals surface area contributed by atoms with E-state index >= 15 is 0 Å². The number of nitrogens with zero attached hydrogens (tertiary/aromatic N) is 2. The van der Waals surface area contributed by atoms with Crippen LogP contribution >= 0.6 is 0 Å². The van der Waals surface area contributed by atoms with Crippen molar-refractivity contribution in [2.75, 3.05) is 13.1 Å². The van der Waals surface area contributed by atoms with Crippen molar-refractivity contribution in [2.45, 2.75) is 26.2 Å². The lowest BCUT2D eigenvalue weighted by atomic mass is 9.81. The molecular weight excluding hydrogens is 246 g/mol. The van der Waals surface area contributed by atoms with Crippen LogP contribution < -0.4 is 0 Å². The van der Waals surface area contributed by atoms with Gasteiger partial charge in [0.1, 0.15) is 11.5 Å². The van der Waals surface area contributed by atoms with E-state index in [0.29, 0.717) is 31.0 Å². The van der Waals surface area contributed by atoms with Crippen LogP contribution in [-0.2, 0) is 4.79 Å². The summed E-state index contributed by atoms with van der Waals surface area (Å²) in [5.74, 6) is -0.115. The first-order valence-electron chi connectivity index (χ1n) is 6.57. The Morgan fingerprint density at radius 2 is 2.37 bits per heavy atom. The first-order valence-corrected chi connectivity index (χ1v) is 6.57. The normalized spacial score (nSPS) is 29.5. The highest BCUT2D eigenvalue weighted by molar-refractivity contribution is 5.93. The second-order valence-corrected chi connectivity index (χ2v) is 5.62. The molecule has 1 saturated heterocycles. The molecule has 2 fully saturated rings. The zero-order chi connectivity index (χ0) is 13.6. The van der Waals surface area contributed by atoms with E-state index in [2.05, 4.69) is 9.97 Å². The minimum Gasteiger partial charge on any atom is -0.481 e. The van der Waals surface area contributed by atoms with Crippen molar-refractivity contribution in [1.82, 2.24) is 14.9 Å². The Morgan fingerprint density at radius 3 is 2.95 bits per heavy atom. The van der Waals surface area contributed by atoms with E-state index in [1.54, 1.807) is 11.8 Å². The molecule has 0 radical (unpaired) electrons. The van der Waals surface area contributed by atoms with Crippen LogP contribution in [0.1, 0.15) is 35.6 Å². The molecule has 1 aliphatic carbocycles. The molecule has 1 aromatic heterocycles. The predicted molar refractivity (Wildman–Crippen MR) is 66.6 cm³/mol. The predicted octanol–water partition coefficient (Wildman–Crippen LogP) is 1.05. The molecule has 2 heterocycles. The average Bonchev–Trinajstić information content (AvgIpc) is 3.00. The highest BCUT2D eigenvalue weighted by Crippen LogP contribution is 2.49. The first kappa shape index (κ1) is 12.2. The topological polar surface area (TPSA) is 86.3 Å². The van der Waals surface area contributed by atoms with Gasteiger partial charge in [0.05, 0.1) is 11.6 Å². The fourth-order valence-electron chi connectivity index (χ4n) is 3.49.